The van der Waals surface area contributed by atoms with Crippen LogP contribution >= 0.6 is 0 Å². The third-order valence-corrected chi connectivity index (χ3v) is 1.07. The summed E-state index contributed by atoms with van der Waals surface area (Å²) < 4.78 is 4.55. The van der Waals surface area contributed by atoms with Crippen LogP contribution in [0.2, 0.25) is 0 Å². The van der Waals surface area contributed by atoms with Gasteiger partial charge in [0, 0.05) is 7.11 Å². The van der Waals surface area contributed by atoms with Gasteiger partial charge in [0.05, 0.1) is 6.61 Å². The lowest BCUT2D eigenvalue weighted by atomic mass is 10.3. The lowest BCUT2D eigenvalue weighted by molar-refractivity contribution is -0.142. The number of carboxylic acids is 1. The molecule has 0 aromatic carbocycles. The molecule has 0 radical (unpaired) electrons. The number of nitrogens with one attached hydrogen (secondary N) is 1. The highest BCUT2D eigenvalue weighted by molar-refractivity contribution is 5.95. The van der Waals surface area contributed by atoms with E-state index in [-0.39, 0.29) is 6.61 Å². The first-order valence-electron chi connectivity index (χ1n) is 3.10. The Labute approximate surface area is 69.7 Å². The van der Waals surface area contributed by atoms with Crippen molar-refractivity contribution in [2.75, 3.05) is 13.7 Å². The van der Waals surface area contributed by atoms with Crippen molar-refractivity contribution in [3.63, 3.8) is 0 Å². The van der Waals surface area contributed by atoms with E-state index in [1.54, 1.807) is 5.92 Å². The van der Waals surface area contributed by atoms with Crippen LogP contribution in [0.3, 0.4) is 0 Å². The number of ether oxygens (including phenoxy) is 1. The fourth-order valence-corrected chi connectivity index (χ4v) is 0.541. The Morgan fingerprint density at radius 1 is 1.75 bits per heavy atom. The summed E-state index contributed by atoms with van der Waals surface area (Å²) in [6.45, 7) is -0.108. The van der Waals surface area contributed by atoms with Gasteiger partial charge in [0.15, 0.2) is 6.04 Å². The fourth-order valence-electron chi connectivity index (χ4n) is 0.541. The first-order chi connectivity index (χ1) is 5.61. The van der Waals surface area contributed by atoms with Crippen LogP contribution < -0.4 is 5.32 Å². The predicted octanol–water partition coefficient (Wildman–Crippen LogP) is -1.16. The van der Waals surface area contributed by atoms with Crippen molar-refractivity contribution < 1.29 is 19.4 Å². The second-order valence-corrected chi connectivity index (χ2v) is 1.96. The normalized spacial score (nSPS) is 11.3. The van der Waals surface area contributed by atoms with Crippen LogP contribution in [0.4, 0.5) is 0 Å². The van der Waals surface area contributed by atoms with Crippen molar-refractivity contribution in [3.8, 4) is 12.3 Å². The summed E-state index contributed by atoms with van der Waals surface area (Å²) in [5.41, 5.74) is 0. The van der Waals surface area contributed by atoms with Crippen molar-refractivity contribution in [2.45, 2.75) is 6.04 Å². The van der Waals surface area contributed by atoms with Gasteiger partial charge in [0.2, 0.25) is 0 Å². The SMILES string of the molecule is C#CC(=O)NC(COC)C(=O)O. The Hall–Kier alpha value is -1.54. The Kier molecular flexibility index (Phi) is 4.49. The molecule has 5 heteroatoms. The van der Waals surface area contributed by atoms with Crippen LogP contribution in [-0.2, 0) is 14.3 Å². The molecule has 0 aromatic heterocycles. The van der Waals surface area contributed by atoms with E-state index < -0.39 is 17.9 Å². The zero-order valence-corrected chi connectivity index (χ0v) is 6.53. The van der Waals surface area contributed by atoms with E-state index in [1.165, 1.54) is 7.11 Å². The zero-order valence-electron chi connectivity index (χ0n) is 6.53. The van der Waals surface area contributed by atoms with Gasteiger partial charge in [-0.25, -0.2) is 4.79 Å². The van der Waals surface area contributed by atoms with Crippen molar-refractivity contribution >= 4 is 11.9 Å². The molecule has 0 saturated heterocycles. The van der Waals surface area contributed by atoms with Gasteiger partial charge in [0.25, 0.3) is 5.91 Å². The molecule has 2 N–H and O–H groups in total. The van der Waals surface area contributed by atoms with Crippen LogP contribution in [0, 0.1) is 12.3 Å². The monoisotopic (exact) mass is 171 g/mol. The summed E-state index contributed by atoms with van der Waals surface area (Å²) >= 11 is 0. The number of hydrogen-bond acceptors (Lipinski definition) is 3. The van der Waals surface area contributed by atoms with Gasteiger partial charge in [-0.1, -0.05) is 0 Å². The standard InChI is InChI=1S/C7H9NO4/c1-3-6(9)8-5(4-12-2)7(10)11/h1,5H,4H2,2H3,(H,8,9)(H,10,11). The summed E-state index contributed by atoms with van der Waals surface area (Å²) in [6.07, 6.45) is 4.72. The highest BCUT2D eigenvalue weighted by atomic mass is 16.5. The van der Waals surface area contributed by atoms with E-state index in [1.807, 2.05) is 0 Å². The maximum absolute atomic E-state index is 10.5. The molecule has 0 bridgehead atoms. The third kappa shape index (κ3) is 3.58. The molecule has 0 spiro atoms. The predicted molar refractivity (Wildman–Crippen MR) is 40.3 cm³/mol. The van der Waals surface area contributed by atoms with Crippen molar-refractivity contribution in [3.05, 3.63) is 0 Å². The van der Waals surface area contributed by atoms with Gasteiger partial charge in [-0.05, 0) is 5.92 Å². The minimum atomic E-state index is -1.18. The van der Waals surface area contributed by atoms with E-state index in [2.05, 4.69) is 10.1 Å². The average Bonchev–Trinajstić information content (AvgIpc) is 2.03. The van der Waals surface area contributed by atoms with Gasteiger partial charge < -0.3 is 15.2 Å². The van der Waals surface area contributed by atoms with Crippen LogP contribution in [-0.4, -0.2) is 36.7 Å². The van der Waals surface area contributed by atoms with Crippen LogP contribution in [0.15, 0.2) is 0 Å². The summed E-state index contributed by atoms with van der Waals surface area (Å²) in [7, 11) is 1.33. The van der Waals surface area contributed by atoms with Crippen LogP contribution in [0.5, 0.6) is 0 Å². The van der Waals surface area contributed by atoms with E-state index in [0.717, 1.165) is 0 Å². The number of methoxy groups -OCH3 is 1. The maximum atomic E-state index is 10.5. The highest BCUT2D eigenvalue weighted by Crippen LogP contribution is 1.84. The molecule has 0 aliphatic carbocycles. The molecule has 0 aromatic rings. The van der Waals surface area contributed by atoms with Gasteiger partial charge in [-0.2, -0.15) is 0 Å². The number of carbonyl (C=O) groups is 2. The van der Waals surface area contributed by atoms with Crippen molar-refractivity contribution in [2.24, 2.45) is 0 Å². The summed E-state index contributed by atoms with van der Waals surface area (Å²) in [4.78, 5) is 20.9. The second-order valence-electron chi connectivity index (χ2n) is 1.96. The first kappa shape index (κ1) is 10.5. The van der Waals surface area contributed by atoms with Gasteiger partial charge >= 0.3 is 5.97 Å². The number of aliphatic carboxylic acids is 1. The molecule has 1 atom stereocenters. The summed E-state index contributed by atoms with van der Waals surface area (Å²) in [5.74, 6) is -0.205. The lowest BCUT2D eigenvalue weighted by Gasteiger charge is -2.10. The largest absolute Gasteiger partial charge is 0.480 e. The minimum absolute atomic E-state index is 0.108. The Bertz CT molecular complexity index is 218. The quantitative estimate of drug-likeness (QED) is 0.523. The molecule has 0 aliphatic rings. The second kappa shape index (κ2) is 5.16. The number of carboxylic acid groups (broad SMARTS) is 1. The fraction of sp³-hybridized carbons (Fsp3) is 0.429. The van der Waals surface area contributed by atoms with Gasteiger partial charge in [-0.15, -0.1) is 6.42 Å². The molecule has 1 unspecified atom stereocenters. The molecule has 0 aliphatic heterocycles. The topological polar surface area (TPSA) is 75.6 Å². The highest BCUT2D eigenvalue weighted by Gasteiger charge is 2.18. The maximum Gasteiger partial charge on any atom is 0.328 e. The molecular weight excluding hydrogens is 162 g/mol. The Morgan fingerprint density at radius 2 is 2.33 bits per heavy atom. The van der Waals surface area contributed by atoms with Crippen molar-refractivity contribution in [1.82, 2.24) is 5.32 Å². The molecule has 0 rings (SSSR count). The van der Waals surface area contributed by atoms with E-state index in [9.17, 15) is 9.59 Å². The summed E-state index contributed by atoms with van der Waals surface area (Å²) in [6, 6.07) is -1.08. The zero-order chi connectivity index (χ0) is 9.56. The van der Waals surface area contributed by atoms with Crippen LogP contribution in [0.1, 0.15) is 0 Å². The molecule has 0 heterocycles. The molecule has 5 nitrogen and oxygen atoms in total. The lowest BCUT2D eigenvalue weighted by Crippen LogP contribution is -2.43. The molecule has 66 valence electrons. The number of hydrogen-bond donors (Lipinski definition) is 2. The first-order valence-corrected chi connectivity index (χ1v) is 3.10. The Morgan fingerprint density at radius 3 is 2.67 bits per heavy atom. The minimum Gasteiger partial charge on any atom is -0.480 e. The molecule has 0 fully saturated rings. The number of amides is 1. The van der Waals surface area contributed by atoms with E-state index in [4.69, 9.17) is 11.5 Å². The van der Waals surface area contributed by atoms with Gasteiger partial charge in [0.1, 0.15) is 0 Å². The van der Waals surface area contributed by atoms with E-state index in [0.29, 0.717) is 0 Å². The summed E-state index contributed by atoms with van der Waals surface area (Å²) in [5, 5.41) is 10.6. The van der Waals surface area contributed by atoms with Crippen LogP contribution in [0.25, 0.3) is 0 Å². The molecule has 12 heavy (non-hydrogen) atoms. The number of terminal acetylenes is 1. The molecule has 1 amide bonds. The molecular formula is C7H9NO4. The van der Waals surface area contributed by atoms with E-state index >= 15 is 0 Å². The van der Waals surface area contributed by atoms with Crippen molar-refractivity contribution in [1.29, 1.82) is 0 Å². The average molecular weight is 171 g/mol. The Balaban J connectivity index is 4.06. The third-order valence-electron chi connectivity index (χ3n) is 1.07. The smallest absolute Gasteiger partial charge is 0.328 e. The number of rotatable bonds is 4. The number of carbonyl (C=O) groups excluding carboxylic acids is 1. The molecule has 0 saturated carbocycles. The van der Waals surface area contributed by atoms with Gasteiger partial charge in [-0.3, -0.25) is 4.79 Å².